The molecule has 0 spiro atoms. The highest BCUT2D eigenvalue weighted by Gasteiger charge is 2.13. The van der Waals surface area contributed by atoms with Crippen LogP contribution in [0.1, 0.15) is 46.0 Å². The Morgan fingerprint density at radius 3 is 1.75 bits per heavy atom. The van der Waals surface area contributed by atoms with E-state index in [-0.39, 0.29) is 6.16 Å². The predicted octanol–water partition coefficient (Wildman–Crippen LogP) is 2.46. The summed E-state index contributed by atoms with van der Waals surface area (Å²) in [6, 6.07) is 0. The Hall–Kier alpha value is 0.110. The van der Waals surface area contributed by atoms with E-state index in [0.29, 0.717) is 6.42 Å². The number of hydrogen-bond donors (Lipinski definition) is 2. The van der Waals surface area contributed by atoms with Crippen molar-refractivity contribution in [1.29, 1.82) is 0 Å². The van der Waals surface area contributed by atoms with E-state index in [9.17, 15) is 4.57 Å². The lowest BCUT2D eigenvalue weighted by atomic mass is 10.2. The molecule has 0 aromatic rings. The predicted molar refractivity (Wildman–Crippen MR) is 67.8 cm³/mol. The van der Waals surface area contributed by atoms with Gasteiger partial charge in [-0.3, -0.25) is 4.57 Å². The summed E-state index contributed by atoms with van der Waals surface area (Å²) in [5.74, 6) is 0. The molecule has 0 aliphatic heterocycles. The van der Waals surface area contributed by atoms with E-state index in [0.717, 1.165) is 19.6 Å². The zero-order valence-electron chi connectivity index (χ0n) is 10.6. The maximum atomic E-state index is 10.7. The van der Waals surface area contributed by atoms with Crippen LogP contribution in [0.3, 0.4) is 0 Å². The first kappa shape index (κ1) is 16.1. The molecular weight excluding hydrogens is 225 g/mol. The Kier molecular flexibility index (Phi) is 9.24. The lowest BCUT2D eigenvalue weighted by molar-refractivity contribution is 0.263. The highest BCUT2D eigenvalue weighted by molar-refractivity contribution is 7.51. The number of nitrogens with zero attached hydrogens (tertiary/aromatic N) is 1. The first-order valence-electron chi connectivity index (χ1n) is 6.26. The van der Waals surface area contributed by atoms with Gasteiger partial charge in [-0.25, -0.2) is 0 Å². The van der Waals surface area contributed by atoms with E-state index < -0.39 is 7.60 Å². The molecule has 98 valence electrons. The van der Waals surface area contributed by atoms with E-state index >= 15 is 0 Å². The minimum absolute atomic E-state index is 0.0156. The highest BCUT2D eigenvalue weighted by Crippen LogP contribution is 2.34. The maximum Gasteiger partial charge on any atom is 0.325 e. The van der Waals surface area contributed by atoms with Crippen LogP contribution in [-0.4, -0.2) is 40.5 Å². The average Bonchev–Trinajstić information content (AvgIpc) is 2.19. The molecular formula is C11H26NO3P. The fourth-order valence-corrected chi connectivity index (χ4v) is 2.15. The Bertz CT molecular complexity index is 197. The molecule has 0 aromatic carbocycles. The molecule has 0 aromatic heterocycles. The molecule has 0 saturated carbocycles. The van der Waals surface area contributed by atoms with Crippen LogP contribution < -0.4 is 0 Å². The molecule has 0 amide bonds. The van der Waals surface area contributed by atoms with Crippen molar-refractivity contribution in [2.75, 3.05) is 25.8 Å². The van der Waals surface area contributed by atoms with Gasteiger partial charge in [0.15, 0.2) is 0 Å². The van der Waals surface area contributed by atoms with Crippen LogP contribution in [0.5, 0.6) is 0 Å². The second-order valence-corrected chi connectivity index (χ2v) is 6.07. The molecule has 0 heterocycles. The number of unbranched alkanes of at least 4 members (excludes halogenated alkanes) is 2. The minimum atomic E-state index is -3.80. The second kappa shape index (κ2) is 9.17. The second-order valence-electron chi connectivity index (χ2n) is 4.29. The molecule has 16 heavy (non-hydrogen) atoms. The van der Waals surface area contributed by atoms with Crippen LogP contribution in [-0.2, 0) is 4.57 Å². The minimum Gasteiger partial charge on any atom is -0.324 e. The summed E-state index contributed by atoms with van der Waals surface area (Å²) in [4.78, 5) is 19.9. The summed E-state index contributed by atoms with van der Waals surface area (Å²) in [7, 11) is -3.80. The third kappa shape index (κ3) is 10.6. The number of rotatable bonds is 10. The van der Waals surface area contributed by atoms with Crippen LogP contribution in [0.15, 0.2) is 0 Å². The van der Waals surface area contributed by atoms with Crippen molar-refractivity contribution in [3.05, 3.63) is 0 Å². The molecule has 0 aliphatic carbocycles. The van der Waals surface area contributed by atoms with Gasteiger partial charge < -0.3 is 14.7 Å². The van der Waals surface area contributed by atoms with Gasteiger partial charge in [0.1, 0.15) is 0 Å². The zero-order valence-corrected chi connectivity index (χ0v) is 11.5. The van der Waals surface area contributed by atoms with Crippen molar-refractivity contribution in [3.8, 4) is 0 Å². The normalized spacial score (nSPS) is 12.3. The summed E-state index contributed by atoms with van der Waals surface area (Å²) in [5, 5.41) is 0. The van der Waals surface area contributed by atoms with Gasteiger partial charge >= 0.3 is 7.60 Å². The third-order valence-corrected chi connectivity index (χ3v) is 3.48. The van der Waals surface area contributed by atoms with Crippen molar-refractivity contribution >= 4 is 7.60 Å². The Labute approximate surface area is 99.2 Å². The van der Waals surface area contributed by atoms with Gasteiger partial charge in [0, 0.05) is 0 Å². The van der Waals surface area contributed by atoms with E-state index in [1.165, 1.54) is 25.7 Å². The van der Waals surface area contributed by atoms with E-state index in [1.54, 1.807) is 0 Å². The first-order chi connectivity index (χ1) is 7.49. The molecule has 0 atom stereocenters. The Morgan fingerprint density at radius 2 is 1.38 bits per heavy atom. The molecule has 5 heteroatoms. The largest absolute Gasteiger partial charge is 0.325 e. The van der Waals surface area contributed by atoms with Crippen molar-refractivity contribution in [3.63, 3.8) is 0 Å². The smallest absolute Gasteiger partial charge is 0.324 e. The molecule has 0 aliphatic rings. The average molecular weight is 251 g/mol. The fraction of sp³-hybridized carbons (Fsp3) is 1.00. The molecule has 0 rings (SSSR count). The summed E-state index contributed by atoms with van der Waals surface area (Å²) in [6.07, 6.45) is 5.28. The van der Waals surface area contributed by atoms with Crippen LogP contribution in [0.25, 0.3) is 0 Å². The van der Waals surface area contributed by atoms with Crippen molar-refractivity contribution in [2.24, 2.45) is 0 Å². The van der Waals surface area contributed by atoms with Crippen molar-refractivity contribution in [1.82, 2.24) is 4.90 Å². The van der Waals surface area contributed by atoms with Gasteiger partial charge in [0.05, 0.1) is 6.16 Å². The zero-order chi connectivity index (χ0) is 12.4. The summed E-state index contributed by atoms with van der Waals surface area (Å²) in [6.45, 7) is 7.24. The van der Waals surface area contributed by atoms with Gasteiger partial charge in [-0.2, -0.15) is 0 Å². The van der Waals surface area contributed by atoms with E-state index in [2.05, 4.69) is 18.7 Å². The molecule has 4 nitrogen and oxygen atoms in total. The standard InChI is InChI=1S/C11H26NO3P/c1-3-5-8-12(9-6-4-2)10-7-11-16(13,14)15/h3-11H2,1-2H3,(H2,13,14,15). The maximum absolute atomic E-state index is 10.7. The summed E-state index contributed by atoms with van der Waals surface area (Å²) < 4.78 is 10.7. The molecule has 0 radical (unpaired) electrons. The Morgan fingerprint density at radius 1 is 0.938 bits per heavy atom. The van der Waals surface area contributed by atoms with Crippen LogP contribution in [0.4, 0.5) is 0 Å². The third-order valence-electron chi connectivity index (χ3n) is 2.58. The van der Waals surface area contributed by atoms with Crippen LogP contribution in [0.2, 0.25) is 0 Å². The monoisotopic (exact) mass is 251 g/mol. The molecule has 0 saturated heterocycles. The van der Waals surface area contributed by atoms with Gasteiger partial charge in [0.2, 0.25) is 0 Å². The van der Waals surface area contributed by atoms with Crippen LogP contribution >= 0.6 is 7.60 Å². The van der Waals surface area contributed by atoms with E-state index in [4.69, 9.17) is 9.79 Å². The lowest BCUT2D eigenvalue weighted by Crippen LogP contribution is -2.27. The molecule has 2 N–H and O–H groups in total. The Balaban J connectivity index is 3.76. The first-order valence-corrected chi connectivity index (χ1v) is 8.06. The van der Waals surface area contributed by atoms with Gasteiger partial charge in [-0.1, -0.05) is 26.7 Å². The topological polar surface area (TPSA) is 60.8 Å². The van der Waals surface area contributed by atoms with Gasteiger partial charge in [-0.15, -0.1) is 0 Å². The summed E-state index contributed by atoms with van der Waals surface area (Å²) in [5.41, 5.74) is 0. The number of hydrogen-bond acceptors (Lipinski definition) is 2. The van der Waals surface area contributed by atoms with Crippen LogP contribution in [0, 0.1) is 0 Å². The molecule has 0 bridgehead atoms. The quantitative estimate of drug-likeness (QED) is 0.585. The van der Waals surface area contributed by atoms with Crippen molar-refractivity contribution < 1.29 is 14.4 Å². The highest BCUT2D eigenvalue weighted by atomic mass is 31.2. The SMILES string of the molecule is CCCCN(CCCC)CCCP(=O)(O)O. The lowest BCUT2D eigenvalue weighted by Gasteiger charge is -2.21. The van der Waals surface area contributed by atoms with Gasteiger partial charge in [-0.05, 0) is 38.9 Å². The van der Waals surface area contributed by atoms with E-state index in [1.807, 2.05) is 0 Å². The van der Waals surface area contributed by atoms with Gasteiger partial charge in [0.25, 0.3) is 0 Å². The summed E-state index contributed by atoms with van der Waals surface area (Å²) >= 11 is 0. The fourth-order valence-electron chi connectivity index (χ4n) is 1.60. The van der Waals surface area contributed by atoms with Crippen molar-refractivity contribution in [2.45, 2.75) is 46.0 Å². The molecule has 0 unspecified atom stereocenters. The molecule has 0 fully saturated rings.